The molecule has 1 aromatic rings. The van der Waals surface area contributed by atoms with E-state index < -0.39 is 11.7 Å². The summed E-state index contributed by atoms with van der Waals surface area (Å²) in [7, 11) is 0. The molecule has 6 heteroatoms. The molecule has 13 heavy (non-hydrogen) atoms. The van der Waals surface area contributed by atoms with Crippen molar-refractivity contribution in [2.24, 2.45) is 5.73 Å². The fourth-order valence-electron chi connectivity index (χ4n) is 0.688. The van der Waals surface area contributed by atoms with Crippen LogP contribution in [-0.2, 0) is 4.79 Å². The van der Waals surface area contributed by atoms with Crippen LogP contribution in [0.1, 0.15) is 10.4 Å². The number of Topliss-reactive ketones (excluding diaryl/α,β-unsaturated/α-hetero) is 1. The van der Waals surface area contributed by atoms with Gasteiger partial charge in [0.2, 0.25) is 0 Å². The molecule has 0 aliphatic heterocycles. The summed E-state index contributed by atoms with van der Waals surface area (Å²) in [5, 5.41) is 0.177. The normalized spacial score (nSPS) is 9.69. The summed E-state index contributed by atoms with van der Waals surface area (Å²) in [6.45, 7) is 0. The summed E-state index contributed by atoms with van der Waals surface area (Å²) in [4.78, 5) is 25.0. The standard InChI is InChI=1S/C7H4Cl2N2O2/c8-4-1-3(2-11-6(4)9)5(12)7(10)13/h1-2H,(H2,10,13). The minimum Gasteiger partial charge on any atom is -0.363 e. The monoisotopic (exact) mass is 218 g/mol. The van der Waals surface area contributed by atoms with Gasteiger partial charge >= 0.3 is 0 Å². The zero-order chi connectivity index (χ0) is 10.0. The first-order chi connectivity index (χ1) is 6.02. The zero-order valence-electron chi connectivity index (χ0n) is 6.25. The Labute approximate surface area is 83.7 Å². The highest BCUT2D eigenvalue weighted by molar-refractivity contribution is 6.44. The second kappa shape index (κ2) is 3.72. The van der Waals surface area contributed by atoms with Gasteiger partial charge in [-0.25, -0.2) is 4.98 Å². The maximum atomic E-state index is 11.0. The van der Waals surface area contributed by atoms with Crippen LogP contribution in [0.15, 0.2) is 12.3 Å². The maximum Gasteiger partial charge on any atom is 0.289 e. The van der Waals surface area contributed by atoms with Gasteiger partial charge in [-0.3, -0.25) is 9.59 Å². The molecule has 0 fully saturated rings. The molecule has 68 valence electrons. The highest BCUT2D eigenvalue weighted by Crippen LogP contribution is 2.19. The van der Waals surface area contributed by atoms with Crippen molar-refractivity contribution in [3.8, 4) is 0 Å². The summed E-state index contributed by atoms with van der Waals surface area (Å²) in [5.74, 6) is -1.90. The topological polar surface area (TPSA) is 73.1 Å². The van der Waals surface area contributed by atoms with Gasteiger partial charge in [-0.15, -0.1) is 0 Å². The Morgan fingerprint density at radius 1 is 1.38 bits per heavy atom. The van der Waals surface area contributed by atoms with Crippen LogP contribution in [0.25, 0.3) is 0 Å². The van der Waals surface area contributed by atoms with Crippen LogP contribution >= 0.6 is 23.2 Å². The first-order valence-corrected chi connectivity index (χ1v) is 3.93. The van der Waals surface area contributed by atoms with Gasteiger partial charge < -0.3 is 5.73 Å². The molecule has 0 radical (unpaired) electrons. The molecule has 1 heterocycles. The van der Waals surface area contributed by atoms with E-state index in [0.29, 0.717) is 0 Å². The number of carbonyl (C=O) groups is 2. The van der Waals surface area contributed by atoms with Crippen LogP contribution in [0.4, 0.5) is 0 Å². The van der Waals surface area contributed by atoms with Crippen molar-refractivity contribution in [2.75, 3.05) is 0 Å². The van der Waals surface area contributed by atoms with Crippen LogP contribution < -0.4 is 5.73 Å². The van der Waals surface area contributed by atoms with Gasteiger partial charge in [0.1, 0.15) is 5.15 Å². The Morgan fingerprint density at radius 3 is 2.46 bits per heavy atom. The van der Waals surface area contributed by atoms with Crippen molar-refractivity contribution in [1.82, 2.24) is 4.98 Å². The van der Waals surface area contributed by atoms with E-state index >= 15 is 0 Å². The van der Waals surface area contributed by atoms with E-state index in [1.807, 2.05) is 0 Å². The molecule has 0 aliphatic rings. The molecule has 1 amide bonds. The number of nitrogens with two attached hydrogens (primary N) is 1. The van der Waals surface area contributed by atoms with E-state index in [2.05, 4.69) is 4.98 Å². The largest absolute Gasteiger partial charge is 0.363 e. The average molecular weight is 219 g/mol. The van der Waals surface area contributed by atoms with Crippen LogP contribution in [0, 0.1) is 0 Å². The smallest absolute Gasteiger partial charge is 0.289 e. The third-order valence-corrected chi connectivity index (χ3v) is 1.97. The lowest BCUT2D eigenvalue weighted by Gasteiger charge is -1.97. The summed E-state index contributed by atoms with van der Waals surface area (Å²) in [6.07, 6.45) is 1.14. The molecule has 4 nitrogen and oxygen atoms in total. The molecule has 0 unspecified atom stereocenters. The van der Waals surface area contributed by atoms with Crippen molar-refractivity contribution in [3.05, 3.63) is 28.0 Å². The lowest BCUT2D eigenvalue weighted by Crippen LogP contribution is -2.23. The van der Waals surface area contributed by atoms with E-state index in [1.54, 1.807) is 0 Å². The lowest BCUT2D eigenvalue weighted by atomic mass is 10.2. The lowest BCUT2D eigenvalue weighted by molar-refractivity contribution is -0.114. The number of primary amides is 1. The number of pyridine rings is 1. The fourth-order valence-corrected chi connectivity index (χ4v) is 0.957. The van der Waals surface area contributed by atoms with E-state index in [-0.39, 0.29) is 15.7 Å². The quantitative estimate of drug-likeness (QED) is 0.459. The second-order valence-electron chi connectivity index (χ2n) is 2.19. The molecule has 0 aliphatic carbocycles. The molecular formula is C7H4Cl2N2O2. The Hall–Kier alpha value is -1.13. The minimum atomic E-state index is -1.06. The van der Waals surface area contributed by atoms with Crippen molar-refractivity contribution in [3.63, 3.8) is 0 Å². The van der Waals surface area contributed by atoms with Gasteiger partial charge in [0.05, 0.1) is 5.02 Å². The van der Waals surface area contributed by atoms with E-state index in [9.17, 15) is 9.59 Å². The van der Waals surface area contributed by atoms with Crippen LogP contribution in [0.3, 0.4) is 0 Å². The first-order valence-electron chi connectivity index (χ1n) is 3.17. The van der Waals surface area contributed by atoms with Crippen molar-refractivity contribution in [2.45, 2.75) is 0 Å². The molecule has 0 atom stereocenters. The van der Waals surface area contributed by atoms with Crippen LogP contribution in [0.5, 0.6) is 0 Å². The van der Waals surface area contributed by atoms with Gasteiger partial charge in [-0.05, 0) is 6.07 Å². The van der Waals surface area contributed by atoms with Crippen molar-refractivity contribution < 1.29 is 9.59 Å². The molecule has 0 bridgehead atoms. The highest BCUT2D eigenvalue weighted by atomic mass is 35.5. The first kappa shape index (κ1) is 9.95. The predicted molar refractivity (Wildman–Crippen MR) is 47.8 cm³/mol. The molecule has 0 aromatic carbocycles. The van der Waals surface area contributed by atoms with Gasteiger partial charge in [0, 0.05) is 11.8 Å². The molecule has 1 aromatic heterocycles. The zero-order valence-corrected chi connectivity index (χ0v) is 7.76. The summed E-state index contributed by atoms with van der Waals surface area (Å²) in [5.41, 5.74) is 4.79. The van der Waals surface area contributed by atoms with E-state index in [1.165, 1.54) is 6.07 Å². The van der Waals surface area contributed by atoms with Gasteiger partial charge in [0.15, 0.2) is 0 Å². The van der Waals surface area contributed by atoms with Crippen molar-refractivity contribution in [1.29, 1.82) is 0 Å². The number of hydrogen-bond donors (Lipinski definition) is 1. The molecule has 0 spiro atoms. The number of nitrogens with zero attached hydrogens (tertiary/aromatic N) is 1. The second-order valence-corrected chi connectivity index (χ2v) is 2.96. The Balaban J connectivity index is 3.11. The fraction of sp³-hybridized carbons (Fsp3) is 0. The third-order valence-electron chi connectivity index (χ3n) is 1.28. The number of aromatic nitrogens is 1. The summed E-state index contributed by atoms with van der Waals surface area (Å²) < 4.78 is 0. The van der Waals surface area contributed by atoms with Crippen LogP contribution in [0.2, 0.25) is 10.2 Å². The average Bonchev–Trinajstić information content (AvgIpc) is 2.08. The molecular weight excluding hydrogens is 215 g/mol. The summed E-state index contributed by atoms with van der Waals surface area (Å²) >= 11 is 11.1. The molecule has 2 N–H and O–H groups in total. The van der Waals surface area contributed by atoms with E-state index in [0.717, 1.165) is 6.20 Å². The number of carbonyl (C=O) groups excluding carboxylic acids is 2. The number of hydrogen-bond acceptors (Lipinski definition) is 3. The number of halogens is 2. The molecule has 0 saturated carbocycles. The third kappa shape index (κ3) is 2.17. The van der Waals surface area contributed by atoms with Gasteiger partial charge in [0.25, 0.3) is 11.7 Å². The van der Waals surface area contributed by atoms with Gasteiger partial charge in [-0.2, -0.15) is 0 Å². The number of rotatable bonds is 2. The molecule has 1 rings (SSSR count). The number of amides is 1. The SMILES string of the molecule is NC(=O)C(=O)c1cnc(Cl)c(Cl)c1. The summed E-state index contributed by atoms with van der Waals surface area (Å²) in [6, 6.07) is 1.24. The maximum absolute atomic E-state index is 11.0. The van der Waals surface area contributed by atoms with E-state index in [4.69, 9.17) is 28.9 Å². The van der Waals surface area contributed by atoms with Gasteiger partial charge in [-0.1, -0.05) is 23.2 Å². The number of ketones is 1. The Bertz CT molecular complexity index is 379. The predicted octanol–water partition coefficient (Wildman–Crippen LogP) is 1.06. The van der Waals surface area contributed by atoms with Crippen LogP contribution in [-0.4, -0.2) is 16.7 Å². The minimum absolute atomic E-state index is 0.0295. The Morgan fingerprint density at radius 2 is 2.00 bits per heavy atom. The molecule has 0 saturated heterocycles. The highest BCUT2D eigenvalue weighted by Gasteiger charge is 2.13. The van der Waals surface area contributed by atoms with Crippen molar-refractivity contribution >= 4 is 34.9 Å². The Kier molecular flexibility index (Phi) is 2.85.